The first-order chi connectivity index (χ1) is 37.3. The van der Waals surface area contributed by atoms with Gasteiger partial charge in [0.15, 0.2) is 21.8 Å². The maximum Gasteiger partial charge on any atom is 0.410 e. The first-order valence-electron chi connectivity index (χ1n) is 26.8. The number of Topliss-reactive ketones (excluding diaryl/α,β-unsaturated/α-hetero) is 2. The third-order valence-electron chi connectivity index (χ3n) is 13.8. The van der Waals surface area contributed by atoms with Gasteiger partial charge >= 0.3 is 12.2 Å². The molecule has 10 heterocycles. The van der Waals surface area contributed by atoms with Gasteiger partial charge in [0.1, 0.15) is 46.1 Å². The molecule has 4 saturated heterocycles. The highest BCUT2D eigenvalue weighted by Crippen LogP contribution is 2.35. The predicted octanol–water partition coefficient (Wildman–Crippen LogP) is 10.5. The van der Waals surface area contributed by atoms with Crippen molar-refractivity contribution in [1.82, 2.24) is 49.7 Å². The lowest BCUT2D eigenvalue weighted by atomic mass is 9.97. The van der Waals surface area contributed by atoms with E-state index >= 15 is 0 Å². The molecule has 20 nitrogen and oxygen atoms in total. The number of amides is 2. The van der Waals surface area contributed by atoms with Crippen molar-refractivity contribution in [3.05, 3.63) is 85.2 Å². The topological polar surface area (TPSA) is 227 Å². The highest BCUT2D eigenvalue weighted by molar-refractivity contribution is 7.19. The molecule has 4 fully saturated rings. The summed E-state index contributed by atoms with van der Waals surface area (Å²) in [4.78, 5) is 97.1. The summed E-state index contributed by atoms with van der Waals surface area (Å²) in [5, 5.41) is 8.15. The number of ether oxygens (including phenoxy) is 2. The lowest BCUT2D eigenvalue weighted by Crippen LogP contribution is -2.43. The Balaban J connectivity index is 0.000000190. The molecule has 4 atom stereocenters. The molecular formula is C56H70N14O6S2. The van der Waals surface area contributed by atoms with Gasteiger partial charge in [-0.1, -0.05) is 22.7 Å². The van der Waals surface area contributed by atoms with Gasteiger partial charge in [0.2, 0.25) is 0 Å². The number of rotatable bonds is 14. The number of aryl methyl sites for hydroxylation is 2. The number of hydrogen-bond acceptors (Lipinski definition) is 20. The van der Waals surface area contributed by atoms with E-state index in [9.17, 15) is 19.2 Å². The van der Waals surface area contributed by atoms with Crippen LogP contribution in [0.5, 0.6) is 0 Å². The van der Waals surface area contributed by atoms with Crippen LogP contribution in [0.2, 0.25) is 0 Å². The monoisotopic (exact) mass is 1100 g/mol. The van der Waals surface area contributed by atoms with Gasteiger partial charge in [-0.15, -0.1) is 0 Å². The molecule has 4 aliphatic rings. The second-order valence-corrected chi connectivity index (χ2v) is 24.4. The van der Waals surface area contributed by atoms with E-state index in [0.29, 0.717) is 62.1 Å². The third kappa shape index (κ3) is 14.7. The van der Waals surface area contributed by atoms with Crippen LogP contribution in [-0.4, -0.2) is 136 Å². The number of nitrogens with zero attached hydrogens (tertiary/aromatic N) is 12. The summed E-state index contributed by atoms with van der Waals surface area (Å²) in [7, 11) is 0. The van der Waals surface area contributed by atoms with E-state index in [1.165, 1.54) is 0 Å². The number of likely N-dealkylation sites (tertiary alicyclic amines) is 2. The van der Waals surface area contributed by atoms with Crippen LogP contribution in [-0.2, 0) is 19.1 Å². The summed E-state index contributed by atoms with van der Waals surface area (Å²) in [6, 6.07) is 10.9. The summed E-state index contributed by atoms with van der Waals surface area (Å²) in [5.74, 6) is 5.06. The number of thiazole rings is 2. The van der Waals surface area contributed by atoms with Crippen molar-refractivity contribution in [2.75, 3.05) is 59.7 Å². The van der Waals surface area contributed by atoms with Crippen molar-refractivity contribution in [3.63, 3.8) is 0 Å². The largest absolute Gasteiger partial charge is 0.444 e. The second-order valence-electron chi connectivity index (χ2n) is 22.3. The van der Waals surface area contributed by atoms with Crippen molar-refractivity contribution in [2.24, 2.45) is 11.8 Å². The fourth-order valence-electron chi connectivity index (χ4n) is 10.3. The van der Waals surface area contributed by atoms with Crippen molar-refractivity contribution >= 4 is 80.0 Å². The molecule has 0 saturated carbocycles. The van der Waals surface area contributed by atoms with Crippen LogP contribution in [0.3, 0.4) is 0 Å². The highest BCUT2D eigenvalue weighted by atomic mass is 32.1. The molecule has 22 heteroatoms. The molecule has 0 aliphatic carbocycles. The third-order valence-corrected chi connectivity index (χ3v) is 15.7. The van der Waals surface area contributed by atoms with Crippen molar-refractivity contribution < 1.29 is 28.7 Å². The maximum absolute atomic E-state index is 13.2. The molecule has 6 aromatic rings. The Bertz CT molecular complexity index is 2850. The standard InChI is InChI=1S/2C28H35N7O3S/c2*1-18-31-24(33-26-30-16-23(39-26)20-7-10-29-11-8-20)15-25(32-18)34-13-9-19(17-34)14-22(36)21-6-5-12-35(21)27(37)38-28(2,3)4/h2*7-8,10-11,15-16,19,21H,5-6,9,12-14,17H2,1-4H3,(H,30,31,32,33)/t2*19-,21+/m11/s1. The smallest absolute Gasteiger partial charge is 0.410 e. The summed E-state index contributed by atoms with van der Waals surface area (Å²) >= 11 is 3.10. The number of nitrogens with one attached hydrogen (secondary N) is 2. The number of pyridine rings is 2. The van der Waals surface area contributed by atoms with Crippen molar-refractivity contribution in [1.29, 1.82) is 0 Å². The Morgan fingerprint density at radius 3 is 1.36 bits per heavy atom. The van der Waals surface area contributed by atoms with E-state index in [-0.39, 0.29) is 35.5 Å². The zero-order chi connectivity index (χ0) is 55.1. The Morgan fingerprint density at radius 2 is 0.974 bits per heavy atom. The molecule has 0 aromatic carbocycles. The van der Waals surface area contributed by atoms with Gasteiger partial charge in [-0.25, -0.2) is 39.5 Å². The van der Waals surface area contributed by atoms with E-state index in [4.69, 9.17) is 9.47 Å². The van der Waals surface area contributed by atoms with Gasteiger partial charge in [-0.2, -0.15) is 0 Å². The van der Waals surface area contributed by atoms with Gasteiger partial charge in [0, 0.05) is 101 Å². The van der Waals surface area contributed by atoms with E-state index in [2.05, 4.69) is 60.3 Å². The molecule has 6 aromatic heterocycles. The molecule has 78 heavy (non-hydrogen) atoms. The van der Waals surface area contributed by atoms with Crippen LogP contribution < -0.4 is 20.4 Å². The molecule has 0 spiro atoms. The highest BCUT2D eigenvalue weighted by Gasteiger charge is 2.40. The first kappa shape index (κ1) is 55.6. The van der Waals surface area contributed by atoms with Crippen LogP contribution in [0.25, 0.3) is 20.9 Å². The first-order valence-corrected chi connectivity index (χ1v) is 28.4. The van der Waals surface area contributed by atoms with Gasteiger partial charge in [-0.05, 0) is 141 Å². The van der Waals surface area contributed by atoms with Crippen LogP contribution in [0, 0.1) is 25.7 Å². The molecule has 10 rings (SSSR count). The number of carbonyl (C=O) groups is 4. The molecule has 2 amide bonds. The van der Waals surface area contributed by atoms with Gasteiger partial charge in [-0.3, -0.25) is 29.4 Å². The Morgan fingerprint density at radius 1 is 0.577 bits per heavy atom. The van der Waals surface area contributed by atoms with Crippen molar-refractivity contribution in [2.45, 2.75) is 130 Å². The number of carbonyl (C=O) groups excluding carboxylic acids is 4. The van der Waals surface area contributed by atoms with Crippen LogP contribution in [0.1, 0.15) is 105 Å². The number of ketones is 2. The lowest BCUT2D eigenvalue weighted by Gasteiger charge is -2.28. The molecule has 412 valence electrons. The number of anilines is 6. The zero-order valence-corrected chi connectivity index (χ0v) is 47.4. The average Bonchev–Trinajstić information content (AvgIpc) is 4.26. The van der Waals surface area contributed by atoms with Crippen LogP contribution >= 0.6 is 22.7 Å². The molecule has 0 unspecified atom stereocenters. The minimum absolute atomic E-state index is 0.125. The summed E-state index contributed by atoms with van der Waals surface area (Å²) in [6.07, 6.45) is 15.7. The van der Waals surface area contributed by atoms with Crippen molar-refractivity contribution in [3.8, 4) is 20.9 Å². The Hall–Kier alpha value is -7.20. The lowest BCUT2D eigenvalue weighted by molar-refractivity contribution is -0.124. The average molecular weight is 1100 g/mol. The van der Waals surface area contributed by atoms with Crippen LogP contribution in [0.4, 0.5) is 43.1 Å². The fraction of sp³-hybridized carbons (Fsp3) is 0.500. The van der Waals surface area contributed by atoms with Gasteiger partial charge in [0.05, 0.1) is 21.8 Å². The maximum atomic E-state index is 13.2. The normalized spacial score (nSPS) is 19.4. The predicted molar refractivity (Wildman–Crippen MR) is 303 cm³/mol. The van der Waals surface area contributed by atoms with Gasteiger partial charge in [0.25, 0.3) is 0 Å². The van der Waals surface area contributed by atoms with E-state index in [1.807, 2.05) is 104 Å². The van der Waals surface area contributed by atoms with E-state index in [0.717, 1.165) is 94.6 Å². The Labute approximate surface area is 463 Å². The number of aromatic nitrogens is 8. The molecule has 2 N–H and O–H groups in total. The second kappa shape index (κ2) is 24.2. The quantitative estimate of drug-likeness (QED) is 0.103. The van der Waals surface area contributed by atoms with E-state index < -0.39 is 23.4 Å². The van der Waals surface area contributed by atoms with Crippen LogP contribution in [0.15, 0.2) is 73.6 Å². The minimum atomic E-state index is -0.579. The fourth-order valence-corrected chi connectivity index (χ4v) is 11.9. The Kier molecular flexibility index (Phi) is 17.2. The summed E-state index contributed by atoms with van der Waals surface area (Å²) in [5.41, 5.74) is 0.980. The number of hydrogen-bond donors (Lipinski definition) is 2. The van der Waals surface area contributed by atoms with Gasteiger partial charge < -0.3 is 29.9 Å². The summed E-state index contributed by atoms with van der Waals surface area (Å²) < 4.78 is 11.1. The summed E-state index contributed by atoms with van der Waals surface area (Å²) in [6.45, 7) is 19.1. The zero-order valence-electron chi connectivity index (χ0n) is 45.8. The molecule has 4 aliphatic heterocycles. The molecule has 0 radical (unpaired) electrons. The SMILES string of the molecule is Cc1nc(Nc2ncc(-c3ccncc3)s2)cc(N2CC[C@H](CC(=O)[C@@H]3CCCN3C(=O)OC(C)(C)C)C2)n1.Cc1nc(Nc2ncc(-c3ccncc3)s2)cc(N2CC[C@H](CC(=O)[C@@H]3CCCN3C(=O)OC(C)(C)C)C2)n1. The molecular weight excluding hydrogens is 1030 g/mol. The minimum Gasteiger partial charge on any atom is -0.444 e. The van der Waals surface area contributed by atoms with E-state index in [1.54, 1.807) is 57.3 Å². The molecule has 0 bridgehead atoms.